The second kappa shape index (κ2) is 6.36. The smallest absolute Gasteiger partial charge is 0.229 e. The Hall–Kier alpha value is -3.46. The van der Waals surface area contributed by atoms with Crippen LogP contribution >= 0.6 is 15.9 Å². The molecule has 5 rings (SSSR count). The lowest BCUT2D eigenvalue weighted by atomic mass is 10.2. The minimum Gasteiger partial charge on any atom is -0.345 e. The SMILES string of the molecule is Brc1cnc(Nc2ccc3nc[nH]c3c2)nc1Nc1ccc2nc[nH]c2c1. The molecule has 9 heteroatoms. The van der Waals surface area contributed by atoms with Crippen LogP contribution in [0, 0.1) is 0 Å². The average molecular weight is 421 g/mol. The number of rotatable bonds is 4. The molecule has 27 heavy (non-hydrogen) atoms. The monoisotopic (exact) mass is 420 g/mol. The van der Waals surface area contributed by atoms with Gasteiger partial charge in [0.2, 0.25) is 5.95 Å². The van der Waals surface area contributed by atoms with Crippen LogP contribution in [-0.2, 0) is 0 Å². The van der Waals surface area contributed by atoms with E-state index in [1.54, 1.807) is 18.9 Å². The fourth-order valence-electron chi connectivity index (χ4n) is 2.81. The molecule has 5 aromatic rings. The quantitative estimate of drug-likeness (QED) is 0.341. The Morgan fingerprint density at radius 1 is 0.778 bits per heavy atom. The zero-order chi connectivity index (χ0) is 18.2. The van der Waals surface area contributed by atoms with Crippen LogP contribution in [0.15, 0.2) is 59.7 Å². The lowest BCUT2D eigenvalue weighted by Crippen LogP contribution is -2.01. The normalized spacial score (nSPS) is 11.1. The number of halogens is 1. The maximum atomic E-state index is 4.57. The molecule has 0 fully saturated rings. The summed E-state index contributed by atoms with van der Waals surface area (Å²) in [6.07, 6.45) is 5.05. The molecule has 0 unspecified atom stereocenters. The Labute approximate surface area is 161 Å². The van der Waals surface area contributed by atoms with Crippen LogP contribution in [0.5, 0.6) is 0 Å². The van der Waals surface area contributed by atoms with Crippen LogP contribution in [0.1, 0.15) is 0 Å². The molecule has 8 nitrogen and oxygen atoms in total. The highest BCUT2D eigenvalue weighted by Crippen LogP contribution is 2.27. The second-order valence-electron chi connectivity index (χ2n) is 5.91. The van der Waals surface area contributed by atoms with Gasteiger partial charge in [0.15, 0.2) is 0 Å². The van der Waals surface area contributed by atoms with Gasteiger partial charge in [0.05, 0.1) is 39.2 Å². The molecule has 0 atom stereocenters. The van der Waals surface area contributed by atoms with Gasteiger partial charge in [-0.3, -0.25) is 0 Å². The van der Waals surface area contributed by atoms with Crippen molar-refractivity contribution in [1.82, 2.24) is 29.9 Å². The third-order valence-corrected chi connectivity index (χ3v) is 4.68. The molecule has 0 spiro atoms. The molecule has 3 heterocycles. The number of anilines is 4. The number of imidazole rings is 2. The summed E-state index contributed by atoms with van der Waals surface area (Å²) in [7, 11) is 0. The van der Waals surface area contributed by atoms with E-state index in [4.69, 9.17) is 0 Å². The van der Waals surface area contributed by atoms with Gasteiger partial charge in [-0.05, 0) is 52.3 Å². The highest BCUT2D eigenvalue weighted by molar-refractivity contribution is 9.10. The molecular formula is C18H13BrN8. The molecule has 0 aliphatic carbocycles. The van der Waals surface area contributed by atoms with Gasteiger partial charge in [0.25, 0.3) is 0 Å². The van der Waals surface area contributed by atoms with Crippen molar-refractivity contribution in [2.75, 3.05) is 10.6 Å². The summed E-state index contributed by atoms with van der Waals surface area (Å²) in [6, 6.07) is 11.7. The number of benzene rings is 2. The van der Waals surface area contributed by atoms with E-state index in [0.29, 0.717) is 11.8 Å². The summed E-state index contributed by atoms with van der Waals surface area (Å²) in [6.45, 7) is 0. The molecule has 0 aliphatic rings. The number of fused-ring (bicyclic) bond motifs is 2. The molecule has 0 aliphatic heterocycles. The van der Waals surface area contributed by atoms with Crippen LogP contribution in [0.4, 0.5) is 23.1 Å². The summed E-state index contributed by atoms with van der Waals surface area (Å²) in [5.74, 6) is 1.15. The largest absolute Gasteiger partial charge is 0.345 e. The molecule has 3 aromatic heterocycles. The van der Waals surface area contributed by atoms with Gasteiger partial charge in [0.1, 0.15) is 5.82 Å². The van der Waals surface area contributed by atoms with Crippen molar-refractivity contribution < 1.29 is 0 Å². The molecule has 0 amide bonds. The van der Waals surface area contributed by atoms with Crippen molar-refractivity contribution >= 4 is 61.1 Å². The Bertz CT molecular complexity index is 1260. The predicted octanol–water partition coefficient (Wildman–Crippen LogP) is 4.48. The van der Waals surface area contributed by atoms with Crippen molar-refractivity contribution in [3.8, 4) is 0 Å². The number of hydrogen-bond donors (Lipinski definition) is 4. The highest BCUT2D eigenvalue weighted by Gasteiger charge is 2.08. The topological polar surface area (TPSA) is 107 Å². The van der Waals surface area contributed by atoms with E-state index in [0.717, 1.165) is 37.9 Å². The summed E-state index contributed by atoms with van der Waals surface area (Å²) in [5, 5.41) is 6.52. The first-order chi connectivity index (χ1) is 13.2. The van der Waals surface area contributed by atoms with E-state index in [-0.39, 0.29) is 0 Å². The van der Waals surface area contributed by atoms with Crippen LogP contribution in [0.2, 0.25) is 0 Å². The van der Waals surface area contributed by atoms with Crippen LogP contribution < -0.4 is 10.6 Å². The zero-order valence-corrected chi connectivity index (χ0v) is 15.4. The third-order valence-electron chi connectivity index (χ3n) is 4.10. The summed E-state index contributed by atoms with van der Waals surface area (Å²) < 4.78 is 0.766. The van der Waals surface area contributed by atoms with Crippen molar-refractivity contribution in [3.63, 3.8) is 0 Å². The predicted molar refractivity (Wildman–Crippen MR) is 108 cm³/mol. The van der Waals surface area contributed by atoms with Gasteiger partial charge >= 0.3 is 0 Å². The van der Waals surface area contributed by atoms with E-state index >= 15 is 0 Å². The molecule has 4 N–H and O–H groups in total. The van der Waals surface area contributed by atoms with E-state index in [1.165, 1.54) is 0 Å². The number of aromatic amines is 2. The maximum Gasteiger partial charge on any atom is 0.229 e. The lowest BCUT2D eigenvalue weighted by molar-refractivity contribution is 1.15. The molecule has 0 radical (unpaired) electrons. The molecule has 0 saturated heterocycles. The standard InChI is InChI=1S/C18H13BrN8/c19-12-7-20-18(26-11-2-4-14-16(6-11)24-9-22-14)27-17(12)25-10-1-3-13-15(5-10)23-8-21-13/h1-9H,(H,21,23)(H,22,24)(H2,20,25,26,27). The zero-order valence-electron chi connectivity index (χ0n) is 13.9. The third kappa shape index (κ3) is 3.08. The van der Waals surface area contributed by atoms with Gasteiger partial charge in [-0.15, -0.1) is 0 Å². The fraction of sp³-hybridized carbons (Fsp3) is 0. The summed E-state index contributed by atoms with van der Waals surface area (Å²) in [4.78, 5) is 23.5. The molecular weight excluding hydrogens is 408 g/mol. The Morgan fingerprint density at radius 2 is 1.41 bits per heavy atom. The summed E-state index contributed by atoms with van der Waals surface area (Å²) in [5.41, 5.74) is 5.50. The minimum absolute atomic E-state index is 0.488. The van der Waals surface area contributed by atoms with E-state index in [1.807, 2.05) is 36.4 Å². The Morgan fingerprint density at radius 3 is 2.07 bits per heavy atom. The highest BCUT2D eigenvalue weighted by atomic mass is 79.9. The molecule has 2 aromatic carbocycles. The van der Waals surface area contributed by atoms with Crippen LogP contribution in [0.25, 0.3) is 22.1 Å². The molecule has 0 saturated carbocycles. The average Bonchev–Trinajstić information content (AvgIpc) is 3.32. The first kappa shape index (κ1) is 15.8. The van der Waals surface area contributed by atoms with Gasteiger partial charge in [-0.25, -0.2) is 15.0 Å². The number of H-pyrrole nitrogens is 2. The fourth-order valence-corrected chi connectivity index (χ4v) is 3.10. The van der Waals surface area contributed by atoms with Gasteiger partial charge in [-0.1, -0.05) is 0 Å². The van der Waals surface area contributed by atoms with Crippen molar-refractivity contribution in [2.24, 2.45) is 0 Å². The van der Waals surface area contributed by atoms with E-state index < -0.39 is 0 Å². The van der Waals surface area contributed by atoms with Crippen molar-refractivity contribution in [1.29, 1.82) is 0 Å². The Balaban J connectivity index is 1.42. The van der Waals surface area contributed by atoms with Crippen LogP contribution in [-0.4, -0.2) is 29.9 Å². The van der Waals surface area contributed by atoms with E-state index in [2.05, 4.69) is 56.5 Å². The van der Waals surface area contributed by atoms with Gasteiger partial charge < -0.3 is 20.6 Å². The summed E-state index contributed by atoms with van der Waals surface area (Å²) >= 11 is 3.49. The van der Waals surface area contributed by atoms with Crippen molar-refractivity contribution in [3.05, 3.63) is 59.7 Å². The number of aromatic nitrogens is 6. The van der Waals surface area contributed by atoms with Gasteiger partial charge in [0, 0.05) is 17.6 Å². The number of nitrogens with one attached hydrogen (secondary N) is 4. The minimum atomic E-state index is 0.488. The second-order valence-corrected chi connectivity index (χ2v) is 6.76. The molecule has 0 bridgehead atoms. The number of nitrogens with zero attached hydrogens (tertiary/aromatic N) is 4. The first-order valence-electron chi connectivity index (χ1n) is 8.17. The maximum absolute atomic E-state index is 4.57. The first-order valence-corrected chi connectivity index (χ1v) is 8.97. The van der Waals surface area contributed by atoms with E-state index in [9.17, 15) is 0 Å². The Kier molecular flexibility index (Phi) is 3.72. The number of hydrogen-bond acceptors (Lipinski definition) is 6. The lowest BCUT2D eigenvalue weighted by Gasteiger charge is -2.10. The van der Waals surface area contributed by atoms with Gasteiger partial charge in [-0.2, -0.15) is 4.98 Å². The van der Waals surface area contributed by atoms with Crippen molar-refractivity contribution in [2.45, 2.75) is 0 Å². The molecule has 132 valence electrons. The van der Waals surface area contributed by atoms with Crippen LogP contribution in [0.3, 0.4) is 0 Å².